The first-order valence-electron chi connectivity index (χ1n) is 9.97. The Morgan fingerprint density at radius 3 is 2.43 bits per heavy atom. The van der Waals surface area contributed by atoms with Gasteiger partial charge in [-0.3, -0.25) is 9.69 Å². The fourth-order valence-electron chi connectivity index (χ4n) is 4.30. The summed E-state index contributed by atoms with van der Waals surface area (Å²) in [7, 11) is 1.95. The van der Waals surface area contributed by atoms with E-state index in [2.05, 4.69) is 17.1 Å². The number of carbonyl (C=O) groups is 1. The van der Waals surface area contributed by atoms with Crippen molar-refractivity contribution < 1.29 is 22.4 Å². The molecule has 1 fully saturated rings. The number of carbonyl (C=O) groups excluding carboxylic acids is 1. The number of benzene rings is 2. The summed E-state index contributed by atoms with van der Waals surface area (Å²) >= 11 is 0. The van der Waals surface area contributed by atoms with Gasteiger partial charge in [0.1, 0.15) is 5.82 Å². The number of nitrogens with one attached hydrogen (secondary N) is 1. The van der Waals surface area contributed by atoms with Crippen molar-refractivity contribution in [2.24, 2.45) is 5.92 Å². The number of likely N-dealkylation sites (tertiary alicyclic amines) is 1. The molecule has 1 aliphatic rings. The van der Waals surface area contributed by atoms with Crippen LogP contribution in [0.3, 0.4) is 0 Å². The average molecular weight is 422 g/mol. The highest BCUT2D eigenvalue weighted by atomic mass is 19.4. The normalized spacial score (nSPS) is 23.8. The molecule has 30 heavy (non-hydrogen) atoms. The van der Waals surface area contributed by atoms with Crippen molar-refractivity contribution in [1.82, 2.24) is 10.2 Å². The number of nitrogens with zero attached hydrogens (tertiary/aromatic N) is 1. The highest BCUT2D eigenvalue weighted by Crippen LogP contribution is 2.40. The summed E-state index contributed by atoms with van der Waals surface area (Å²) in [6.07, 6.45) is -3.17. The molecule has 2 aromatic carbocycles. The van der Waals surface area contributed by atoms with Gasteiger partial charge in [-0.05, 0) is 50.4 Å². The minimum atomic E-state index is -4.84. The number of piperidine rings is 1. The number of likely N-dealkylation sites (N-methyl/N-ethyl adjacent to an activating group) is 1. The Bertz CT molecular complexity index is 900. The third-order valence-electron chi connectivity index (χ3n) is 6.18. The fourth-order valence-corrected chi connectivity index (χ4v) is 4.30. The van der Waals surface area contributed by atoms with E-state index >= 15 is 0 Å². The lowest BCUT2D eigenvalue weighted by molar-refractivity contribution is -0.138. The summed E-state index contributed by atoms with van der Waals surface area (Å²) in [4.78, 5) is 15.1. The van der Waals surface area contributed by atoms with Gasteiger partial charge in [0.15, 0.2) is 0 Å². The van der Waals surface area contributed by atoms with Crippen LogP contribution in [0.4, 0.5) is 17.6 Å². The molecule has 1 heterocycles. The van der Waals surface area contributed by atoms with Crippen LogP contribution in [0, 0.1) is 11.7 Å². The molecule has 2 aromatic rings. The van der Waals surface area contributed by atoms with E-state index in [9.17, 15) is 22.4 Å². The van der Waals surface area contributed by atoms with Crippen LogP contribution in [0.25, 0.3) is 0 Å². The molecule has 0 bridgehead atoms. The first-order chi connectivity index (χ1) is 14.0. The number of amides is 1. The summed E-state index contributed by atoms with van der Waals surface area (Å²) in [5.41, 5.74) is -2.02. The lowest BCUT2D eigenvalue weighted by atomic mass is 9.76. The van der Waals surface area contributed by atoms with Crippen molar-refractivity contribution >= 4 is 5.91 Å². The zero-order valence-electron chi connectivity index (χ0n) is 17.3. The standard InChI is InChI=1S/C23H26F4N2O/c1-15-12-13-22(2,29(3)14-15)20(16-8-5-4-6-9-16)28-21(30)19-17(23(25,26)27)10-7-11-18(19)24/h4-11,15,20H,12-14H2,1-3H3,(H,28,30). The smallest absolute Gasteiger partial charge is 0.343 e. The van der Waals surface area contributed by atoms with Gasteiger partial charge in [-0.2, -0.15) is 13.2 Å². The van der Waals surface area contributed by atoms with Crippen LogP contribution in [0.2, 0.25) is 0 Å². The van der Waals surface area contributed by atoms with E-state index < -0.39 is 40.6 Å². The minimum absolute atomic E-state index is 0.471. The monoisotopic (exact) mass is 422 g/mol. The molecule has 3 nitrogen and oxygen atoms in total. The lowest BCUT2D eigenvalue weighted by Gasteiger charge is -2.50. The molecule has 1 N–H and O–H groups in total. The number of alkyl halides is 3. The summed E-state index contributed by atoms with van der Waals surface area (Å²) in [6.45, 7) is 4.92. The summed E-state index contributed by atoms with van der Waals surface area (Å²) in [5.74, 6) is -1.79. The molecule has 7 heteroatoms. The van der Waals surface area contributed by atoms with Gasteiger partial charge >= 0.3 is 6.18 Å². The van der Waals surface area contributed by atoms with Crippen LogP contribution in [0.5, 0.6) is 0 Å². The molecule has 0 aliphatic carbocycles. The molecule has 3 rings (SSSR count). The maximum Gasteiger partial charge on any atom is 0.417 e. The molecule has 0 radical (unpaired) electrons. The highest BCUT2D eigenvalue weighted by molar-refractivity contribution is 5.96. The van der Waals surface area contributed by atoms with E-state index in [1.807, 2.05) is 44.3 Å². The average Bonchev–Trinajstić information content (AvgIpc) is 2.69. The molecule has 1 saturated heterocycles. The van der Waals surface area contributed by atoms with Crippen molar-refractivity contribution in [3.05, 3.63) is 71.0 Å². The largest absolute Gasteiger partial charge is 0.417 e. The second-order valence-electron chi connectivity index (χ2n) is 8.36. The van der Waals surface area contributed by atoms with Gasteiger partial charge in [0.05, 0.1) is 17.2 Å². The van der Waals surface area contributed by atoms with E-state index in [-0.39, 0.29) is 0 Å². The molecule has 3 atom stereocenters. The lowest BCUT2D eigenvalue weighted by Crippen LogP contribution is -2.57. The Balaban J connectivity index is 2.03. The van der Waals surface area contributed by atoms with Crippen molar-refractivity contribution in [3.8, 4) is 0 Å². The SMILES string of the molecule is CC1CCC(C)(C(NC(=O)c2c(F)cccc2C(F)(F)F)c2ccccc2)N(C)C1. The number of rotatable bonds is 4. The summed E-state index contributed by atoms with van der Waals surface area (Å²) in [6, 6.07) is 11.1. The predicted molar refractivity (Wildman–Crippen MR) is 107 cm³/mol. The number of hydrogen-bond donors (Lipinski definition) is 1. The van der Waals surface area contributed by atoms with Gasteiger partial charge < -0.3 is 5.32 Å². The molecule has 3 unspecified atom stereocenters. The van der Waals surface area contributed by atoms with Gasteiger partial charge in [-0.15, -0.1) is 0 Å². The van der Waals surface area contributed by atoms with Gasteiger partial charge in [0.25, 0.3) is 5.91 Å². The predicted octanol–water partition coefficient (Wildman–Crippen LogP) is 5.44. The third kappa shape index (κ3) is 4.36. The van der Waals surface area contributed by atoms with E-state index in [4.69, 9.17) is 0 Å². The van der Waals surface area contributed by atoms with Crippen molar-refractivity contribution in [1.29, 1.82) is 0 Å². The van der Waals surface area contributed by atoms with Crippen LogP contribution in [0.15, 0.2) is 48.5 Å². The topological polar surface area (TPSA) is 32.3 Å². The minimum Gasteiger partial charge on any atom is -0.343 e. The summed E-state index contributed by atoms with van der Waals surface area (Å²) < 4.78 is 54.7. The first kappa shape index (κ1) is 22.3. The molecule has 0 aromatic heterocycles. The fraction of sp³-hybridized carbons (Fsp3) is 0.435. The summed E-state index contributed by atoms with van der Waals surface area (Å²) in [5, 5.41) is 2.74. The molecule has 1 aliphatic heterocycles. The zero-order chi connectivity index (χ0) is 22.1. The van der Waals surface area contributed by atoms with Gasteiger partial charge in [0.2, 0.25) is 0 Å². The Morgan fingerprint density at radius 1 is 1.17 bits per heavy atom. The molecule has 162 valence electrons. The van der Waals surface area contributed by atoms with Gasteiger partial charge in [-0.25, -0.2) is 4.39 Å². The van der Waals surface area contributed by atoms with Crippen LogP contribution in [-0.2, 0) is 6.18 Å². The first-order valence-corrected chi connectivity index (χ1v) is 9.97. The van der Waals surface area contributed by atoms with Crippen LogP contribution in [0.1, 0.15) is 54.2 Å². The molecule has 0 spiro atoms. The van der Waals surface area contributed by atoms with E-state index in [0.717, 1.165) is 43.1 Å². The highest BCUT2D eigenvalue weighted by Gasteiger charge is 2.44. The number of halogens is 4. The maximum atomic E-state index is 14.4. The second-order valence-corrected chi connectivity index (χ2v) is 8.36. The Labute approximate surface area is 174 Å². The Kier molecular flexibility index (Phi) is 6.22. The molecule has 0 saturated carbocycles. The van der Waals surface area contributed by atoms with Crippen LogP contribution >= 0.6 is 0 Å². The van der Waals surface area contributed by atoms with E-state index in [0.29, 0.717) is 5.92 Å². The quantitative estimate of drug-likeness (QED) is 0.666. The number of hydrogen-bond acceptors (Lipinski definition) is 2. The van der Waals surface area contributed by atoms with E-state index in [1.165, 1.54) is 0 Å². The molecule has 1 amide bonds. The van der Waals surface area contributed by atoms with Crippen molar-refractivity contribution in [2.75, 3.05) is 13.6 Å². The van der Waals surface area contributed by atoms with Crippen molar-refractivity contribution in [2.45, 2.75) is 44.4 Å². The van der Waals surface area contributed by atoms with Gasteiger partial charge in [0, 0.05) is 12.1 Å². The van der Waals surface area contributed by atoms with Crippen LogP contribution < -0.4 is 5.32 Å². The molecular formula is C23H26F4N2O. The molecular weight excluding hydrogens is 396 g/mol. The van der Waals surface area contributed by atoms with Gasteiger partial charge in [-0.1, -0.05) is 43.3 Å². The zero-order valence-corrected chi connectivity index (χ0v) is 17.3. The third-order valence-corrected chi connectivity index (χ3v) is 6.18. The van der Waals surface area contributed by atoms with Crippen LogP contribution in [-0.4, -0.2) is 29.9 Å². The Morgan fingerprint density at radius 2 is 1.83 bits per heavy atom. The van der Waals surface area contributed by atoms with Crippen molar-refractivity contribution in [3.63, 3.8) is 0 Å². The maximum absolute atomic E-state index is 14.4. The van der Waals surface area contributed by atoms with E-state index in [1.54, 1.807) is 0 Å². The second kappa shape index (κ2) is 8.38. The Hall–Kier alpha value is -2.41.